The number of amides is 4. The largest absolute Gasteiger partial charge is 0.375 e. The van der Waals surface area contributed by atoms with Crippen LogP contribution in [0.5, 0.6) is 0 Å². The van der Waals surface area contributed by atoms with Crippen LogP contribution in [0.15, 0.2) is 29.6 Å². The highest BCUT2D eigenvalue weighted by molar-refractivity contribution is 7.13. The number of carbonyl (C=O) groups excluding carboxylic acids is 4. The number of hydrogen-bond donors (Lipinski definition) is 5. The van der Waals surface area contributed by atoms with Gasteiger partial charge in [-0.2, -0.15) is 5.21 Å². The van der Waals surface area contributed by atoms with E-state index in [9.17, 15) is 19.2 Å². The molecule has 3 atom stereocenters. The van der Waals surface area contributed by atoms with Crippen molar-refractivity contribution < 1.29 is 19.2 Å². The molecule has 0 saturated heterocycles. The van der Waals surface area contributed by atoms with E-state index in [1.807, 2.05) is 26.0 Å². The van der Waals surface area contributed by atoms with Gasteiger partial charge in [0.25, 0.3) is 0 Å². The van der Waals surface area contributed by atoms with E-state index in [1.165, 1.54) is 16.2 Å². The number of nitrogens with one attached hydrogen (secondary N) is 4. The third-order valence-corrected chi connectivity index (χ3v) is 7.22. The summed E-state index contributed by atoms with van der Waals surface area (Å²) >= 11 is 1.23. The lowest BCUT2D eigenvalue weighted by molar-refractivity contribution is -0.131. The molecule has 4 rings (SSSR count). The first kappa shape index (κ1) is 27.6. The van der Waals surface area contributed by atoms with Gasteiger partial charge in [-0.05, 0) is 17.5 Å². The fourth-order valence-electron chi connectivity index (χ4n) is 4.30. The molecule has 3 aromatic rings. The molecule has 0 radical (unpaired) electrons. The molecule has 3 heterocycles. The zero-order chi connectivity index (χ0) is 27.9. The molecule has 0 saturated carbocycles. The van der Waals surface area contributed by atoms with Gasteiger partial charge in [-0.15, -0.1) is 21.5 Å². The van der Waals surface area contributed by atoms with E-state index in [-0.39, 0.29) is 37.2 Å². The minimum absolute atomic E-state index is 0.0158. The van der Waals surface area contributed by atoms with Gasteiger partial charge < -0.3 is 21.7 Å². The molecule has 2 aromatic heterocycles. The highest BCUT2D eigenvalue weighted by atomic mass is 32.1. The first-order chi connectivity index (χ1) is 18.8. The number of aromatic amines is 1. The molecule has 15 heteroatoms. The first-order valence-corrected chi connectivity index (χ1v) is 13.3. The van der Waals surface area contributed by atoms with Gasteiger partial charge >= 0.3 is 0 Å². The van der Waals surface area contributed by atoms with Crippen LogP contribution in [-0.2, 0) is 38.6 Å². The molecule has 1 aromatic carbocycles. The van der Waals surface area contributed by atoms with E-state index < -0.39 is 23.9 Å². The van der Waals surface area contributed by atoms with Crippen molar-refractivity contribution in [1.29, 1.82) is 0 Å². The number of H-pyrrole nitrogens is 1. The highest BCUT2D eigenvalue weighted by Gasteiger charge is 2.38. The molecule has 206 valence electrons. The number of aromatic nitrogens is 5. The van der Waals surface area contributed by atoms with Gasteiger partial charge in [0.05, 0.1) is 25.2 Å². The van der Waals surface area contributed by atoms with E-state index in [0.29, 0.717) is 35.2 Å². The van der Waals surface area contributed by atoms with Crippen LogP contribution in [0.2, 0.25) is 0 Å². The summed E-state index contributed by atoms with van der Waals surface area (Å²) in [4.78, 5) is 57.6. The number of nitrogen functional groups attached to an aromatic ring is 1. The fourth-order valence-corrected chi connectivity index (χ4v) is 4.86. The number of thiazole rings is 1. The second-order valence-electron chi connectivity index (χ2n) is 9.16. The van der Waals surface area contributed by atoms with E-state index in [4.69, 9.17) is 5.73 Å². The molecule has 0 bridgehead atoms. The van der Waals surface area contributed by atoms with Crippen molar-refractivity contribution in [3.63, 3.8) is 0 Å². The van der Waals surface area contributed by atoms with Crippen molar-refractivity contribution >= 4 is 45.8 Å². The van der Waals surface area contributed by atoms with Crippen molar-refractivity contribution in [2.75, 3.05) is 17.2 Å². The van der Waals surface area contributed by atoms with Crippen molar-refractivity contribution in [1.82, 2.24) is 41.6 Å². The highest BCUT2D eigenvalue weighted by Crippen LogP contribution is 2.32. The Balaban J connectivity index is 1.40. The van der Waals surface area contributed by atoms with E-state index in [1.54, 1.807) is 17.5 Å². The lowest BCUT2D eigenvalue weighted by atomic mass is 9.98. The number of fused-ring (bicyclic) bond motifs is 1. The number of para-hydroxylation sites is 1. The number of rotatable bonds is 11. The number of anilines is 2. The van der Waals surface area contributed by atoms with Crippen LogP contribution >= 0.6 is 11.3 Å². The number of carbonyl (C=O) groups is 4. The second kappa shape index (κ2) is 12.4. The van der Waals surface area contributed by atoms with Crippen LogP contribution in [0.25, 0.3) is 0 Å². The standard InChI is InChI=1S/C24H30N10O4S/c1-3-13(2)21(29-19(35)9-15-12-39-24(25)28-15)23(38)27-11-20(36)34-16-7-5-4-6-14(16)8-17(34)22(37)26-10-18-30-32-33-31-18/h4-7,12-13,17,21H,3,8-11H2,1-2H3,(H2,25,28)(H,26,37)(H,27,38)(H,29,35)(H,30,31,32,33)/t13-,17-,21?/m0/s1. The van der Waals surface area contributed by atoms with Gasteiger partial charge in [-0.3, -0.25) is 24.1 Å². The third kappa shape index (κ3) is 6.73. The summed E-state index contributed by atoms with van der Waals surface area (Å²) in [7, 11) is 0. The number of nitrogens with zero attached hydrogens (tertiary/aromatic N) is 5. The summed E-state index contributed by atoms with van der Waals surface area (Å²) < 4.78 is 0. The summed E-state index contributed by atoms with van der Waals surface area (Å²) in [6, 6.07) is 5.56. The molecule has 0 aliphatic carbocycles. The Morgan fingerprint density at radius 3 is 2.72 bits per heavy atom. The van der Waals surface area contributed by atoms with Gasteiger partial charge in [0.1, 0.15) is 12.1 Å². The number of benzene rings is 1. The zero-order valence-corrected chi connectivity index (χ0v) is 22.3. The van der Waals surface area contributed by atoms with Crippen LogP contribution in [0.1, 0.15) is 37.4 Å². The Bertz CT molecular complexity index is 1330. The van der Waals surface area contributed by atoms with Crippen LogP contribution < -0.4 is 26.6 Å². The summed E-state index contributed by atoms with van der Waals surface area (Å²) in [5, 5.41) is 23.6. The molecule has 4 amide bonds. The summed E-state index contributed by atoms with van der Waals surface area (Å²) in [5.41, 5.74) is 7.59. The molecule has 1 unspecified atom stereocenters. The van der Waals surface area contributed by atoms with Crippen LogP contribution in [-0.4, -0.2) is 67.9 Å². The molecule has 1 aliphatic rings. The zero-order valence-electron chi connectivity index (χ0n) is 21.5. The van der Waals surface area contributed by atoms with Crippen LogP contribution in [0.3, 0.4) is 0 Å². The van der Waals surface area contributed by atoms with Crippen LogP contribution in [0.4, 0.5) is 10.8 Å². The molecular weight excluding hydrogens is 524 g/mol. The van der Waals surface area contributed by atoms with E-state index in [2.05, 4.69) is 41.6 Å². The van der Waals surface area contributed by atoms with Crippen LogP contribution in [0, 0.1) is 5.92 Å². The Kier molecular flexibility index (Phi) is 8.81. The van der Waals surface area contributed by atoms with Gasteiger partial charge in [-0.25, -0.2) is 4.98 Å². The van der Waals surface area contributed by atoms with Crippen molar-refractivity contribution in [2.45, 2.75) is 51.7 Å². The summed E-state index contributed by atoms with van der Waals surface area (Å²) in [6.45, 7) is 3.44. The molecule has 0 spiro atoms. The number of tetrazole rings is 1. The maximum atomic E-state index is 13.4. The van der Waals surface area contributed by atoms with Gasteiger partial charge in [-0.1, -0.05) is 43.7 Å². The lowest BCUT2D eigenvalue weighted by Gasteiger charge is -2.26. The minimum atomic E-state index is -0.855. The second-order valence-corrected chi connectivity index (χ2v) is 10.1. The summed E-state index contributed by atoms with van der Waals surface area (Å²) in [5.74, 6) is -1.60. The molecule has 39 heavy (non-hydrogen) atoms. The van der Waals surface area contributed by atoms with E-state index in [0.717, 1.165) is 5.56 Å². The van der Waals surface area contributed by atoms with Gasteiger partial charge in [0.2, 0.25) is 23.6 Å². The lowest BCUT2D eigenvalue weighted by Crippen LogP contribution is -2.54. The summed E-state index contributed by atoms with van der Waals surface area (Å²) in [6.07, 6.45) is 0.927. The molecule has 14 nitrogen and oxygen atoms in total. The smallest absolute Gasteiger partial charge is 0.247 e. The predicted molar refractivity (Wildman–Crippen MR) is 142 cm³/mol. The normalized spacial score (nSPS) is 15.7. The Morgan fingerprint density at radius 2 is 2.03 bits per heavy atom. The Labute approximate surface area is 228 Å². The quantitative estimate of drug-likeness (QED) is 0.211. The monoisotopic (exact) mass is 554 g/mol. The maximum Gasteiger partial charge on any atom is 0.247 e. The Morgan fingerprint density at radius 1 is 1.23 bits per heavy atom. The average Bonchev–Trinajstić information content (AvgIpc) is 3.68. The van der Waals surface area contributed by atoms with Gasteiger partial charge in [0.15, 0.2) is 11.0 Å². The average molecular weight is 555 g/mol. The fraction of sp³-hybridized carbons (Fsp3) is 0.417. The molecule has 0 fully saturated rings. The SMILES string of the molecule is CC[C@H](C)C(NC(=O)Cc1csc(N)n1)C(=O)NCC(=O)N1c2ccccc2C[C@H]1C(=O)NCc1nn[nH]n1. The van der Waals surface area contributed by atoms with Crippen molar-refractivity contribution in [3.8, 4) is 0 Å². The third-order valence-electron chi connectivity index (χ3n) is 6.49. The first-order valence-electron chi connectivity index (χ1n) is 12.4. The Hall–Kier alpha value is -4.40. The van der Waals surface area contributed by atoms with E-state index >= 15 is 0 Å². The minimum Gasteiger partial charge on any atom is -0.375 e. The van der Waals surface area contributed by atoms with Crippen molar-refractivity contribution in [2.24, 2.45) is 5.92 Å². The number of hydrogen-bond acceptors (Lipinski definition) is 10. The predicted octanol–water partition coefficient (Wildman–Crippen LogP) is -0.298. The molecule has 1 aliphatic heterocycles. The van der Waals surface area contributed by atoms with Gasteiger partial charge in [0, 0.05) is 17.5 Å². The molecule has 6 N–H and O–H groups in total. The molecular formula is C24H30N10O4S. The van der Waals surface area contributed by atoms with Crippen molar-refractivity contribution in [3.05, 3.63) is 46.7 Å². The topological polar surface area (TPSA) is 201 Å². The number of nitrogens with two attached hydrogens (primary N) is 1. The maximum absolute atomic E-state index is 13.4.